The quantitative estimate of drug-likeness (QED) is 0.589. The molecule has 0 radical (unpaired) electrons. The van der Waals surface area contributed by atoms with Crippen molar-refractivity contribution in [2.75, 3.05) is 14.2 Å². The van der Waals surface area contributed by atoms with Gasteiger partial charge >= 0.3 is 11.9 Å². The van der Waals surface area contributed by atoms with Crippen LogP contribution in [0.4, 0.5) is 8.78 Å². The highest BCUT2D eigenvalue weighted by atomic mass is 19.3. The molecule has 0 N–H and O–H groups in total. The summed E-state index contributed by atoms with van der Waals surface area (Å²) in [6.45, 7) is 0. The topological polar surface area (TPSA) is 52.6 Å². The van der Waals surface area contributed by atoms with Crippen LogP contribution in [-0.2, 0) is 9.53 Å². The number of hydrogen-bond donors (Lipinski definition) is 0. The fourth-order valence-corrected chi connectivity index (χ4v) is 1.44. The van der Waals surface area contributed by atoms with Gasteiger partial charge in [0.15, 0.2) is 5.78 Å². The molecule has 1 aromatic rings. The summed E-state index contributed by atoms with van der Waals surface area (Å²) in [6, 6.07) is 6.09. The Morgan fingerprint density at radius 1 is 1.16 bits per heavy atom. The molecule has 19 heavy (non-hydrogen) atoms. The fourth-order valence-electron chi connectivity index (χ4n) is 1.44. The lowest BCUT2D eigenvalue weighted by atomic mass is 10.0. The van der Waals surface area contributed by atoms with Gasteiger partial charge in [-0.05, 0) is 24.3 Å². The van der Waals surface area contributed by atoms with E-state index in [1.807, 2.05) is 0 Å². The van der Waals surface area contributed by atoms with E-state index >= 15 is 0 Å². The molecule has 0 atom stereocenters. The molecule has 0 amide bonds. The molecule has 0 heterocycles. The number of rotatable bonds is 6. The van der Waals surface area contributed by atoms with Crippen LogP contribution in [0.5, 0.6) is 5.75 Å². The van der Waals surface area contributed by atoms with Crippen LogP contribution in [0.25, 0.3) is 0 Å². The number of ether oxygens (including phenoxy) is 2. The Balaban J connectivity index is 2.62. The van der Waals surface area contributed by atoms with Gasteiger partial charge in [-0.25, -0.2) is 4.79 Å². The van der Waals surface area contributed by atoms with Gasteiger partial charge in [0.05, 0.1) is 14.2 Å². The zero-order valence-corrected chi connectivity index (χ0v) is 10.6. The molecule has 4 nitrogen and oxygen atoms in total. The van der Waals surface area contributed by atoms with E-state index < -0.39 is 30.5 Å². The van der Waals surface area contributed by atoms with Crippen LogP contribution in [0.1, 0.15) is 23.2 Å². The van der Waals surface area contributed by atoms with Gasteiger partial charge in [-0.1, -0.05) is 0 Å². The Morgan fingerprint density at radius 2 is 1.74 bits per heavy atom. The molecule has 0 aromatic heterocycles. The summed E-state index contributed by atoms with van der Waals surface area (Å²) >= 11 is 0. The van der Waals surface area contributed by atoms with Crippen molar-refractivity contribution in [3.63, 3.8) is 0 Å². The van der Waals surface area contributed by atoms with Crippen LogP contribution < -0.4 is 4.74 Å². The largest absolute Gasteiger partial charge is 0.497 e. The lowest BCUT2D eigenvalue weighted by Gasteiger charge is -2.12. The third-order valence-corrected chi connectivity index (χ3v) is 2.56. The fraction of sp³-hybridized carbons (Fsp3) is 0.385. The lowest BCUT2D eigenvalue weighted by molar-refractivity contribution is -0.169. The zero-order chi connectivity index (χ0) is 14.5. The monoisotopic (exact) mass is 272 g/mol. The van der Waals surface area contributed by atoms with E-state index in [2.05, 4.69) is 4.74 Å². The number of ketones is 1. The Labute approximate surface area is 109 Å². The van der Waals surface area contributed by atoms with Gasteiger partial charge in [0.25, 0.3) is 0 Å². The smallest absolute Gasteiger partial charge is 0.376 e. The second kappa shape index (κ2) is 6.26. The number of esters is 1. The number of methoxy groups -OCH3 is 2. The number of halogens is 2. The Morgan fingerprint density at radius 3 is 2.21 bits per heavy atom. The molecule has 0 unspecified atom stereocenters. The predicted molar refractivity (Wildman–Crippen MR) is 63.5 cm³/mol. The van der Waals surface area contributed by atoms with E-state index in [-0.39, 0.29) is 0 Å². The summed E-state index contributed by atoms with van der Waals surface area (Å²) in [5.74, 6) is -5.17. The SMILES string of the molecule is COC(=O)C(F)(F)CCC(=O)c1ccc(OC)cc1. The Bertz CT molecular complexity index is 454. The Hall–Kier alpha value is -1.98. The predicted octanol–water partition coefficient (Wildman–Crippen LogP) is 2.47. The first kappa shape index (κ1) is 15.1. The minimum Gasteiger partial charge on any atom is -0.497 e. The maximum Gasteiger partial charge on any atom is 0.376 e. The summed E-state index contributed by atoms with van der Waals surface area (Å²) in [6.07, 6.45) is -1.31. The summed E-state index contributed by atoms with van der Waals surface area (Å²) in [5, 5.41) is 0. The molecule has 0 aliphatic rings. The normalized spacial score (nSPS) is 10.9. The molecule has 0 saturated heterocycles. The van der Waals surface area contributed by atoms with Crippen LogP contribution in [0.2, 0.25) is 0 Å². The molecule has 6 heteroatoms. The van der Waals surface area contributed by atoms with Crippen molar-refractivity contribution in [3.8, 4) is 5.75 Å². The first-order valence-corrected chi connectivity index (χ1v) is 5.54. The van der Waals surface area contributed by atoms with Crippen molar-refractivity contribution < 1.29 is 27.8 Å². The van der Waals surface area contributed by atoms with Crippen molar-refractivity contribution in [1.29, 1.82) is 0 Å². The van der Waals surface area contributed by atoms with Crippen LogP contribution in [-0.4, -0.2) is 31.9 Å². The third kappa shape index (κ3) is 4.01. The summed E-state index contributed by atoms with van der Waals surface area (Å²) in [5.41, 5.74) is 0.293. The standard InChI is InChI=1S/C13H14F2O4/c1-18-10-5-3-9(4-6-10)11(16)7-8-13(14,15)12(17)19-2/h3-6H,7-8H2,1-2H3. The van der Waals surface area contributed by atoms with Crippen molar-refractivity contribution in [2.24, 2.45) is 0 Å². The second-order valence-electron chi connectivity index (χ2n) is 3.85. The molecule has 1 rings (SSSR count). The summed E-state index contributed by atoms with van der Waals surface area (Å²) < 4.78 is 35.2. The van der Waals surface area contributed by atoms with E-state index in [1.165, 1.54) is 19.2 Å². The highest BCUT2D eigenvalue weighted by molar-refractivity contribution is 5.96. The van der Waals surface area contributed by atoms with Gasteiger partial charge in [-0.3, -0.25) is 4.79 Å². The van der Waals surface area contributed by atoms with E-state index in [0.717, 1.165) is 7.11 Å². The molecule has 0 saturated carbocycles. The Kier molecular flexibility index (Phi) is 4.97. The van der Waals surface area contributed by atoms with Gasteiger partial charge in [0, 0.05) is 18.4 Å². The average Bonchev–Trinajstić information content (AvgIpc) is 2.43. The number of carbonyl (C=O) groups excluding carboxylic acids is 2. The van der Waals surface area contributed by atoms with Crippen molar-refractivity contribution in [1.82, 2.24) is 0 Å². The maximum absolute atomic E-state index is 13.2. The van der Waals surface area contributed by atoms with Gasteiger partial charge in [-0.15, -0.1) is 0 Å². The van der Waals surface area contributed by atoms with E-state index in [4.69, 9.17) is 4.74 Å². The molecule has 0 spiro atoms. The molecule has 1 aromatic carbocycles. The number of carbonyl (C=O) groups is 2. The van der Waals surface area contributed by atoms with E-state index in [9.17, 15) is 18.4 Å². The van der Waals surface area contributed by atoms with Crippen molar-refractivity contribution in [2.45, 2.75) is 18.8 Å². The molecule has 0 bridgehead atoms. The first-order valence-electron chi connectivity index (χ1n) is 5.54. The van der Waals surface area contributed by atoms with Crippen LogP contribution in [0.3, 0.4) is 0 Å². The van der Waals surface area contributed by atoms with Gasteiger partial charge in [-0.2, -0.15) is 8.78 Å². The molecule has 0 fully saturated rings. The van der Waals surface area contributed by atoms with Crippen LogP contribution >= 0.6 is 0 Å². The van der Waals surface area contributed by atoms with Gasteiger partial charge in [0.2, 0.25) is 0 Å². The molecular formula is C13H14F2O4. The van der Waals surface area contributed by atoms with Gasteiger partial charge in [0.1, 0.15) is 5.75 Å². The maximum atomic E-state index is 13.2. The van der Waals surface area contributed by atoms with Crippen LogP contribution in [0.15, 0.2) is 24.3 Å². The average molecular weight is 272 g/mol. The first-order chi connectivity index (χ1) is 8.90. The number of alkyl halides is 2. The molecule has 0 aliphatic heterocycles. The lowest BCUT2D eigenvalue weighted by Crippen LogP contribution is -2.30. The summed E-state index contributed by atoms with van der Waals surface area (Å²) in [4.78, 5) is 22.4. The highest BCUT2D eigenvalue weighted by Crippen LogP contribution is 2.23. The minimum atomic E-state index is -3.64. The van der Waals surface area contributed by atoms with E-state index in [0.29, 0.717) is 11.3 Å². The van der Waals surface area contributed by atoms with Gasteiger partial charge < -0.3 is 9.47 Å². The van der Waals surface area contributed by atoms with Crippen LogP contribution in [0, 0.1) is 0 Å². The summed E-state index contributed by atoms with van der Waals surface area (Å²) in [7, 11) is 2.36. The second-order valence-corrected chi connectivity index (χ2v) is 3.85. The highest BCUT2D eigenvalue weighted by Gasteiger charge is 2.40. The van der Waals surface area contributed by atoms with Crippen molar-refractivity contribution >= 4 is 11.8 Å². The van der Waals surface area contributed by atoms with E-state index in [1.54, 1.807) is 12.1 Å². The number of hydrogen-bond acceptors (Lipinski definition) is 4. The third-order valence-electron chi connectivity index (χ3n) is 2.56. The zero-order valence-electron chi connectivity index (χ0n) is 10.6. The minimum absolute atomic E-state index is 0.293. The molecule has 104 valence electrons. The van der Waals surface area contributed by atoms with Crippen molar-refractivity contribution in [3.05, 3.63) is 29.8 Å². The molecule has 0 aliphatic carbocycles. The number of Topliss-reactive ketones (excluding diaryl/α,β-unsaturated/α-hetero) is 1. The molecular weight excluding hydrogens is 258 g/mol. The number of benzene rings is 1.